The molecule has 48 valence electrons. The molecule has 0 spiro atoms. The molecule has 1 aromatic heterocycles. The van der Waals surface area contributed by atoms with Gasteiger partial charge in [-0.2, -0.15) is 0 Å². The first-order valence-corrected chi connectivity index (χ1v) is 3.36. The molecule has 0 saturated carbocycles. The van der Waals surface area contributed by atoms with Crippen LogP contribution in [-0.2, 0) is 0 Å². The van der Waals surface area contributed by atoms with E-state index in [4.69, 9.17) is 17.3 Å². The fourth-order valence-corrected chi connectivity index (χ4v) is 1.26. The predicted molar refractivity (Wildman–Crippen MR) is 35.6 cm³/mol. The van der Waals surface area contributed by atoms with Crippen LogP contribution >= 0.6 is 22.9 Å². The van der Waals surface area contributed by atoms with Crippen molar-refractivity contribution in [3.8, 4) is 0 Å². The average Bonchev–Trinajstić information content (AvgIpc) is 2.13. The standard InChI is InChI=1S/C4H3ClN2OS/c5-3-2(4(6)8)9-1-7-3/h1H,(H2,6,8). The van der Waals surface area contributed by atoms with Gasteiger partial charge in [-0.15, -0.1) is 11.3 Å². The highest BCUT2D eigenvalue weighted by atomic mass is 35.5. The van der Waals surface area contributed by atoms with E-state index >= 15 is 0 Å². The van der Waals surface area contributed by atoms with E-state index in [0.29, 0.717) is 4.88 Å². The summed E-state index contributed by atoms with van der Waals surface area (Å²) in [5, 5.41) is 0.188. The Morgan fingerprint density at radius 1 is 1.89 bits per heavy atom. The summed E-state index contributed by atoms with van der Waals surface area (Å²) in [7, 11) is 0. The van der Waals surface area contributed by atoms with Gasteiger partial charge in [0.25, 0.3) is 5.91 Å². The van der Waals surface area contributed by atoms with Gasteiger partial charge in [0.2, 0.25) is 0 Å². The second kappa shape index (κ2) is 2.33. The van der Waals surface area contributed by atoms with E-state index in [1.165, 1.54) is 5.51 Å². The van der Waals surface area contributed by atoms with E-state index in [2.05, 4.69) is 4.98 Å². The molecule has 0 aliphatic rings. The van der Waals surface area contributed by atoms with Crippen molar-refractivity contribution in [2.45, 2.75) is 0 Å². The highest BCUT2D eigenvalue weighted by Gasteiger charge is 2.07. The number of hydrogen-bond acceptors (Lipinski definition) is 3. The highest BCUT2D eigenvalue weighted by Crippen LogP contribution is 2.16. The molecule has 1 rings (SSSR count). The highest BCUT2D eigenvalue weighted by molar-refractivity contribution is 7.12. The number of nitrogens with two attached hydrogens (primary N) is 1. The molecule has 1 amide bonds. The molecular weight excluding hydrogens is 160 g/mol. The van der Waals surface area contributed by atoms with Crippen molar-refractivity contribution < 1.29 is 4.79 Å². The minimum atomic E-state index is -0.525. The number of amides is 1. The number of aromatic nitrogens is 1. The van der Waals surface area contributed by atoms with Crippen LogP contribution in [0.5, 0.6) is 0 Å². The number of carbonyl (C=O) groups excluding carboxylic acids is 1. The average molecular weight is 163 g/mol. The first-order valence-electron chi connectivity index (χ1n) is 2.10. The lowest BCUT2D eigenvalue weighted by atomic mass is 10.5. The molecule has 2 N–H and O–H groups in total. The number of hydrogen-bond donors (Lipinski definition) is 1. The van der Waals surface area contributed by atoms with Crippen LogP contribution < -0.4 is 5.73 Å². The third-order valence-corrected chi connectivity index (χ3v) is 1.99. The van der Waals surface area contributed by atoms with Gasteiger partial charge in [0.15, 0.2) is 5.15 Å². The fourth-order valence-electron chi connectivity index (χ4n) is 0.392. The van der Waals surface area contributed by atoms with E-state index in [-0.39, 0.29) is 5.15 Å². The third kappa shape index (κ3) is 1.20. The van der Waals surface area contributed by atoms with Crippen molar-refractivity contribution in [1.29, 1.82) is 0 Å². The van der Waals surface area contributed by atoms with Crippen LogP contribution in [0.15, 0.2) is 5.51 Å². The van der Waals surface area contributed by atoms with Crippen molar-refractivity contribution >= 4 is 28.8 Å². The Hall–Kier alpha value is -0.610. The van der Waals surface area contributed by atoms with Crippen LogP contribution in [0.1, 0.15) is 9.67 Å². The normalized spacial score (nSPS) is 9.44. The summed E-state index contributed by atoms with van der Waals surface area (Å²) >= 11 is 6.57. The van der Waals surface area contributed by atoms with Gasteiger partial charge in [0.1, 0.15) is 4.88 Å². The Balaban J connectivity index is 3.08. The molecule has 9 heavy (non-hydrogen) atoms. The van der Waals surface area contributed by atoms with E-state index in [1.54, 1.807) is 0 Å². The van der Waals surface area contributed by atoms with Gasteiger partial charge in [-0.25, -0.2) is 4.98 Å². The van der Waals surface area contributed by atoms with Crippen molar-refractivity contribution in [3.05, 3.63) is 15.5 Å². The van der Waals surface area contributed by atoms with Crippen molar-refractivity contribution in [3.63, 3.8) is 0 Å². The molecule has 3 nitrogen and oxygen atoms in total. The number of nitrogens with zero attached hydrogens (tertiary/aromatic N) is 1. The van der Waals surface area contributed by atoms with E-state index in [0.717, 1.165) is 11.3 Å². The van der Waals surface area contributed by atoms with Crippen LogP contribution in [0.3, 0.4) is 0 Å². The van der Waals surface area contributed by atoms with Gasteiger partial charge < -0.3 is 5.73 Å². The molecule has 0 saturated heterocycles. The van der Waals surface area contributed by atoms with Crippen molar-refractivity contribution in [2.75, 3.05) is 0 Å². The summed E-state index contributed by atoms with van der Waals surface area (Å²) in [4.78, 5) is 14.3. The first-order chi connectivity index (χ1) is 4.22. The summed E-state index contributed by atoms with van der Waals surface area (Å²) in [5.74, 6) is -0.525. The van der Waals surface area contributed by atoms with Crippen molar-refractivity contribution in [1.82, 2.24) is 4.98 Å². The zero-order valence-corrected chi connectivity index (χ0v) is 5.87. The first kappa shape index (κ1) is 6.51. The Morgan fingerprint density at radius 2 is 2.56 bits per heavy atom. The monoisotopic (exact) mass is 162 g/mol. The van der Waals surface area contributed by atoms with Crippen LogP contribution in [0.25, 0.3) is 0 Å². The van der Waals surface area contributed by atoms with Crippen molar-refractivity contribution in [2.24, 2.45) is 5.73 Å². The van der Waals surface area contributed by atoms with Gasteiger partial charge in [-0.05, 0) is 0 Å². The maximum absolute atomic E-state index is 10.4. The quantitative estimate of drug-likeness (QED) is 0.667. The molecule has 1 aromatic rings. The Morgan fingerprint density at radius 3 is 2.78 bits per heavy atom. The molecule has 0 aromatic carbocycles. The molecule has 0 bridgehead atoms. The summed E-state index contributed by atoms with van der Waals surface area (Å²) in [6.07, 6.45) is 0. The lowest BCUT2D eigenvalue weighted by Gasteiger charge is -1.83. The number of thiazole rings is 1. The number of carbonyl (C=O) groups is 1. The number of primary amides is 1. The molecular formula is C4H3ClN2OS. The third-order valence-electron chi connectivity index (χ3n) is 0.748. The number of rotatable bonds is 1. The minimum absolute atomic E-state index is 0.188. The predicted octanol–water partition coefficient (Wildman–Crippen LogP) is 0.895. The van der Waals surface area contributed by atoms with Crippen LogP contribution in [0, 0.1) is 0 Å². The second-order valence-electron chi connectivity index (χ2n) is 1.34. The SMILES string of the molecule is NC(=O)c1scnc1Cl. The smallest absolute Gasteiger partial charge is 0.262 e. The van der Waals surface area contributed by atoms with E-state index in [9.17, 15) is 4.79 Å². The molecule has 0 atom stereocenters. The van der Waals surface area contributed by atoms with Crippen LogP contribution in [0.2, 0.25) is 5.15 Å². The topological polar surface area (TPSA) is 56.0 Å². The van der Waals surface area contributed by atoms with Gasteiger partial charge in [-0.3, -0.25) is 4.79 Å². The zero-order valence-electron chi connectivity index (χ0n) is 4.30. The summed E-state index contributed by atoms with van der Waals surface area (Å²) in [5.41, 5.74) is 6.38. The molecule has 5 heteroatoms. The molecule has 0 unspecified atom stereocenters. The number of halogens is 1. The molecule has 0 fully saturated rings. The van der Waals surface area contributed by atoms with E-state index in [1.807, 2.05) is 0 Å². The maximum atomic E-state index is 10.4. The summed E-state index contributed by atoms with van der Waals surface area (Å²) in [6.45, 7) is 0. The molecule has 0 radical (unpaired) electrons. The van der Waals surface area contributed by atoms with Crippen LogP contribution in [-0.4, -0.2) is 10.9 Å². The van der Waals surface area contributed by atoms with Gasteiger partial charge in [-0.1, -0.05) is 11.6 Å². The van der Waals surface area contributed by atoms with Crippen LogP contribution in [0.4, 0.5) is 0 Å². The summed E-state index contributed by atoms with van der Waals surface area (Å²) < 4.78 is 0. The zero-order chi connectivity index (χ0) is 6.85. The molecule has 0 aliphatic carbocycles. The molecule has 1 heterocycles. The Kier molecular flexibility index (Phi) is 1.68. The largest absolute Gasteiger partial charge is 0.365 e. The second-order valence-corrected chi connectivity index (χ2v) is 2.55. The van der Waals surface area contributed by atoms with E-state index < -0.39 is 5.91 Å². The lowest BCUT2D eigenvalue weighted by Crippen LogP contribution is -2.08. The molecule has 0 aliphatic heterocycles. The fraction of sp³-hybridized carbons (Fsp3) is 0. The maximum Gasteiger partial charge on any atom is 0.262 e. The Bertz CT molecular complexity index is 234. The minimum Gasteiger partial charge on any atom is -0.365 e. The Labute approximate surface area is 60.5 Å². The lowest BCUT2D eigenvalue weighted by molar-refractivity contribution is 0.100. The summed E-state index contributed by atoms with van der Waals surface area (Å²) in [6, 6.07) is 0. The van der Waals surface area contributed by atoms with Gasteiger partial charge >= 0.3 is 0 Å². The van der Waals surface area contributed by atoms with Gasteiger partial charge in [0, 0.05) is 0 Å². The van der Waals surface area contributed by atoms with Gasteiger partial charge in [0.05, 0.1) is 5.51 Å².